The molecule has 2 aromatic rings. The lowest BCUT2D eigenvalue weighted by molar-refractivity contribution is -0.124. The molecule has 1 fully saturated rings. The van der Waals surface area contributed by atoms with Crippen LogP contribution in [0.2, 0.25) is 0 Å². The average molecular weight is 390 g/mol. The standard InChI is InChI=1S/C20H20F2N2O4/c21-20(22)28-16-8-6-13(7-9-16)12-23-18(25)14-3-1-4-15(11-14)24-19(26)17-5-2-10-27-17/h1,3-4,6-9,11,17,20H,2,5,10,12H2,(H,23,25)(H,24,26). The molecule has 1 unspecified atom stereocenters. The molecule has 148 valence electrons. The fourth-order valence-electron chi connectivity index (χ4n) is 2.82. The summed E-state index contributed by atoms with van der Waals surface area (Å²) in [6, 6.07) is 12.6. The van der Waals surface area contributed by atoms with Gasteiger partial charge in [-0.05, 0) is 48.7 Å². The zero-order chi connectivity index (χ0) is 19.9. The van der Waals surface area contributed by atoms with Crippen LogP contribution in [0.3, 0.4) is 0 Å². The molecule has 0 radical (unpaired) electrons. The summed E-state index contributed by atoms with van der Waals surface area (Å²) in [6.07, 6.45) is 1.10. The van der Waals surface area contributed by atoms with Crippen molar-refractivity contribution in [2.24, 2.45) is 0 Å². The summed E-state index contributed by atoms with van der Waals surface area (Å²) >= 11 is 0. The molecular formula is C20H20F2N2O4. The number of alkyl halides is 2. The lowest BCUT2D eigenvalue weighted by Crippen LogP contribution is -2.27. The first kappa shape index (κ1) is 19.8. The van der Waals surface area contributed by atoms with Crippen LogP contribution >= 0.6 is 0 Å². The van der Waals surface area contributed by atoms with Crippen molar-refractivity contribution in [3.63, 3.8) is 0 Å². The second kappa shape index (κ2) is 9.27. The van der Waals surface area contributed by atoms with E-state index < -0.39 is 12.7 Å². The normalized spacial score (nSPS) is 16.0. The van der Waals surface area contributed by atoms with Gasteiger partial charge in [-0.25, -0.2) is 0 Å². The van der Waals surface area contributed by atoms with E-state index in [1.165, 1.54) is 12.1 Å². The van der Waals surface area contributed by atoms with Crippen molar-refractivity contribution >= 4 is 17.5 Å². The van der Waals surface area contributed by atoms with Gasteiger partial charge in [0.15, 0.2) is 0 Å². The highest BCUT2D eigenvalue weighted by atomic mass is 19.3. The number of nitrogens with one attached hydrogen (secondary N) is 2. The highest BCUT2D eigenvalue weighted by Crippen LogP contribution is 2.17. The van der Waals surface area contributed by atoms with Crippen molar-refractivity contribution in [2.75, 3.05) is 11.9 Å². The number of rotatable bonds is 7. The first-order valence-corrected chi connectivity index (χ1v) is 8.86. The SMILES string of the molecule is O=C(NCc1ccc(OC(F)F)cc1)c1cccc(NC(=O)C2CCCO2)c1. The predicted octanol–water partition coefficient (Wildman–Crippen LogP) is 3.34. The fourth-order valence-corrected chi connectivity index (χ4v) is 2.82. The molecule has 0 aromatic heterocycles. The molecule has 1 aliphatic rings. The van der Waals surface area contributed by atoms with Crippen molar-refractivity contribution < 1.29 is 27.8 Å². The number of hydrogen-bond acceptors (Lipinski definition) is 4. The lowest BCUT2D eigenvalue weighted by atomic mass is 10.1. The maximum Gasteiger partial charge on any atom is 0.387 e. The first-order chi connectivity index (χ1) is 13.5. The Balaban J connectivity index is 1.54. The van der Waals surface area contributed by atoms with Crippen molar-refractivity contribution in [2.45, 2.75) is 32.1 Å². The molecule has 6 nitrogen and oxygen atoms in total. The molecule has 0 aliphatic carbocycles. The van der Waals surface area contributed by atoms with E-state index in [2.05, 4.69) is 15.4 Å². The average Bonchev–Trinajstić information content (AvgIpc) is 3.22. The van der Waals surface area contributed by atoms with Gasteiger partial charge in [0.25, 0.3) is 11.8 Å². The van der Waals surface area contributed by atoms with E-state index in [0.717, 1.165) is 12.0 Å². The molecule has 8 heteroatoms. The van der Waals surface area contributed by atoms with Gasteiger partial charge in [0.1, 0.15) is 11.9 Å². The van der Waals surface area contributed by atoms with Gasteiger partial charge < -0.3 is 20.1 Å². The summed E-state index contributed by atoms with van der Waals surface area (Å²) in [5, 5.41) is 5.50. The molecule has 2 amide bonds. The Morgan fingerprint density at radius 1 is 1.18 bits per heavy atom. The van der Waals surface area contributed by atoms with Crippen LogP contribution in [0, 0.1) is 0 Å². The Morgan fingerprint density at radius 2 is 1.96 bits per heavy atom. The number of carbonyl (C=O) groups is 2. The summed E-state index contributed by atoms with van der Waals surface area (Å²) in [7, 11) is 0. The molecule has 0 bridgehead atoms. The van der Waals surface area contributed by atoms with Gasteiger partial charge in [-0.3, -0.25) is 9.59 Å². The van der Waals surface area contributed by atoms with Crippen molar-refractivity contribution in [1.82, 2.24) is 5.32 Å². The van der Waals surface area contributed by atoms with Crippen LogP contribution in [-0.2, 0) is 16.1 Å². The van der Waals surface area contributed by atoms with Gasteiger partial charge >= 0.3 is 6.61 Å². The van der Waals surface area contributed by atoms with Gasteiger partial charge in [-0.1, -0.05) is 18.2 Å². The molecule has 1 aliphatic heterocycles. The van der Waals surface area contributed by atoms with Gasteiger partial charge in [0.05, 0.1) is 0 Å². The first-order valence-electron chi connectivity index (χ1n) is 8.86. The number of carbonyl (C=O) groups excluding carboxylic acids is 2. The Labute approximate surface area is 160 Å². The van der Waals surface area contributed by atoms with Gasteiger partial charge in [-0.15, -0.1) is 0 Å². The van der Waals surface area contributed by atoms with Crippen LogP contribution in [0.4, 0.5) is 14.5 Å². The van der Waals surface area contributed by atoms with Gasteiger partial charge in [0.2, 0.25) is 0 Å². The fraction of sp³-hybridized carbons (Fsp3) is 0.300. The van der Waals surface area contributed by atoms with Crippen LogP contribution in [-0.4, -0.2) is 31.1 Å². The van der Waals surface area contributed by atoms with Crippen molar-refractivity contribution in [1.29, 1.82) is 0 Å². The molecule has 0 spiro atoms. The van der Waals surface area contributed by atoms with E-state index in [9.17, 15) is 18.4 Å². The van der Waals surface area contributed by atoms with Crippen LogP contribution in [0.1, 0.15) is 28.8 Å². The van der Waals surface area contributed by atoms with Crippen LogP contribution in [0.5, 0.6) is 5.75 Å². The second-order valence-corrected chi connectivity index (χ2v) is 6.28. The highest BCUT2D eigenvalue weighted by molar-refractivity contribution is 5.98. The van der Waals surface area contributed by atoms with Crippen molar-refractivity contribution in [3.8, 4) is 5.75 Å². The summed E-state index contributed by atoms with van der Waals surface area (Å²) in [5.41, 5.74) is 1.64. The number of hydrogen-bond donors (Lipinski definition) is 2. The monoisotopic (exact) mass is 390 g/mol. The molecule has 1 atom stereocenters. The van der Waals surface area contributed by atoms with Crippen LogP contribution < -0.4 is 15.4 Å². The van der Waals surface area contributed by atoms with Crippen molar-refractivity contribution in [3.05, 3.63) is 59.7 Å². The maximum absolute atomic E-state index is 12.4. The summed E-state index contributed by atoms with van der Waals surface area (Å²) < 4.78 is 33.9. The topological polar surface area (TPSA) is 76.7 Å². The Hall–Kier alpha value is -3.00. The molecule has 0 saturated carbocycles. The highest BCUT2D eigenvalue weighted by Gasteiger charge is 2.23. The molecule has 2 aromatic carbocycles. The van der Waals surface area contributed by atoms with E-state index in [0.29, 0.717) is 24.3 Å². The predicted molar refractivity (Wildman–Crippen MR) is 98.3 cm³/mol. The van der Waals surface area contributed by atoms with Crippen LogP contribution in [0.25, 0.3) is 0 Å². The van der Waals surface area contributed by atoms with E-state index in [1.54, 1.807) is 36.4 Å². The molecule has 1 saturated heterocycles. The van der Waals surface area contributed by atoms with E-state index >= 15 is 0 Å². The van der Waals surface area contributed by atoms with E-state index in [1.807, 2.05) is 0 Å². The van der Waals surface area contributed by atoms with E-state index in [-0.39, 0.29) is 24.1 Å². The summed E-state index contributed by atoms with van der Waals surface area (Å²) in [5.74, 6) is -0.484. The molecule has 3 rings (SSSR count). The third kappa shape index (κ3) is 5.50. The van der Waals surface area contributed by atoms with Crippen LogP contribution in [0.15, 0.2) is 48.5 Å². The van der Waals surface area contributed by atoms with Gasteiger partial charge in [-0.2, -0.15) is 8.78 Å². The number of amides is 2. The lowest BCUT2D eigenvalue weighted by Gasteiger charge is -2.11. The molecular weight excluding hydrogens is 370 g/mol. The smallest absolute Gasteiger partial charge is 0.387 e. The van der Waals surface area contributed by atoms with Gasteiger partial charge in [0, 0.05) is 24.4 Å². The molecule has 1 heterocycles. The largest absolute Gasteiger partial charge is 0.435 e. The third-order valence-corrected chi connectivity index (χ3v) is 4.22. The second-order valence-electron chi connectivity index (χ2n) is 6.28. The summed E-state index contributed by atoms with van der Waals surface area (Å²) in [4.78, 5) is 24.5. The quantitative estimate of drug-likeness (QED) is 0.760. The summed E-state index contributed by atoms with van der Waals surface area (Å²) in [6.45, 7) is -2.07. The maximum atomic E-state index is 12.4. The van der Waals surface area contributed by atoms with E-state index in [4.69, 9.17) is 4.74 Å². The third-order valence-electron chi connectivity index (χ3n) is 4.22. The minimum atomic E-state index is -2.88. The zero-order valence-electron chi connectivity index (χ0n) is 15.0. The number of benzene rings is 2. The Bertz CT molecular complexity index is 821. The molecule has 28 heavy (non-hydrogen) atoms. The zero-order valence-corrected chi connectivity index (χ0v) is 15.0. The molecule has 2 N–H and O–H groups in total. The number of anilines is 1. The Kier molecular flexibility index (Phi) is 6.54. The Morgan fingerprint density at radius 3 is 2.64 bits per heavy atom. The number of halogens is 2. The number of ether oxygens (including phenoxy) is 2. The minimum absolute atomic E-state index is 0.0553. The minimum Gasteiger partial charge on any atom is -0.435 e.